The number of pyridine rings is 1. The van der Waals surface area contributed by atoms with Crippen molar-refractivity contribution in [3.63, 3.8) is 0 Å². The van der Waals surface area contributed by atoms with E-state index in [1.54, 1.807) is 12.4 Å². The van der Waals surface area contributed by atoms with Gasteiger partial charge in [-0.25, -0.2) is 0 Å². The molecular weight excluding hydrogens is 334 g/mol. The second kappa shape index (κ2) is 6.45. The fourth-order valence-electron chi connectivity index (χ4n) is 2.30. The zero-order chi connectivity index (χ0) is 14.7. The molecule has 1 aliphatic rings. The summed E-state index contributed by atoms with van der Waals surface area (Å²) in [5.74, 6) is 1.40. The van der Waals surface area contributed by atoms with Crippen molar-refractivity contribution >= 4 is 15.9 Å². The second-order valence-electron chi connectivity index (χ2n) is 4.96. The maximum absolute atomic E-state index is 10.4. The normalized spacial score (nSPS) is 15.3. The maximum Gasteiger partial charge on any atom is 0.175 e. The first-order valence-electron chi connectivity index (χ1n) is 6.90. The summed E-state index contributed by atoms with van der Waals surface area (Å²) in [7, 11) is 0. The van der Waals surface area contributed by atoms with Crippen LogP contribution < -0.4 is 9.47 Å². The van der Waals surface area contributed by atoms with Gasteiger partial charge in [-0.05, 0) is 51.3 Å². The van der Waals surface area contributed by atoms with E-state index in [1.807, 2.05) is 24.3 Å². The fourth-order valence-corrected chi connectivity index (χ4v) is 2.88. The molecule has 1 atom stereocenters. The third-order valence-corrected chi connectivity index (χ3v) is 3.98. The predicted octanol–water partition coefficient (Wildman–Crippen LogP) is 3.28. The predicted molar refractivity (Wildman–Crippen MR) is 82.6 cm³/mol. The van der Waals surface area contributed by atoms with Crippen LogP contribution in [0.2, 0.25) is 0 Å². The average molecular weight is 350 g/mol. The Labute approximate surface area is 131 Å². The summed E-state index contributed by atoms with van der Waals surface area (Å²) in [5, 5.41) is 10.4. The quantitative estimate of drug-likeness (QED) is 0.923. The molecule has 1 aromatic heterocycles. The van der Waals surface area contributed by atoms with Crippen molar-refractivity contribution < 1.29 is 14.6 Å². The van der Waals surface area contributed by atoms with Crippen LogP contribution >= 0.6 is 15.9 Å². The first-order chi connectivity index (χ1) is 10.2. The highest BCUT2D eigenvalue weighted by Crippen LogP contribution is 2.39. The monoisotopic (exact) mass is 349 g/mol. The van der Waals surface area contributed by atoms with Gasteiger partial charge in [0.2, 0.25) is 0 Å². The molecule has 0 aliphatic carbocycles. The van der Waals surface area contributed by atoms with Crippen LogP contribution in [0.25, 0.3) is 0 Å². The lowest BCUT2D eigenvalue weighted by atomic mass is 10.0. The molecule has 0 saturated carbocycles. The Kier molecular flexibility index (Phi) is 4.41. The van der Waals surface area contributed by atoms with E-state index in [0.717, 1.165) is 22.0 Å². The lowest BCUT2D eigenvalue weighted by molar-refractivity contribution is 0.177. The molecule has 4 nitrogen and oxygen atoms in total. The molecule has 0 saturated heterocycles. The van der Waals surface area contributed by atoms with Gasteiger partial charge in [0.15, 0.2) is 11.5 Å². The number of hydrogen-bond acceptors (Lipinski definition) is 4. The third-order valence-electron chi connectivity index (χ3n) is 3.39. The number of ether oxygens (including phenoxy) is 2. The number of aliphatic hydroxyl groups is 1. The lowest BCUT2D eigenvalue weighted by Gasteiger charge is -2.15. The van der Waals surface area contributed by atoms with Crippen LogP contribution in [0.4, 0.5) is 0 Å². The number of hydrogen-bond donors (Lipinski definition) is 1. The summed E-state index contributed by atoms with van der Waals surface area (Å²) in [6.07, 6.45) is 4.25. The molecule has 5 heteroatoms. The molecule has 0 bridgehead atoms. The van der Waals surface area contributed by atoms with E-state index in [1.165, 1.54) is 0 Å². The molecule has 110 valence electrons. The van der Waals surface area contributed by atoms with Crippen molar-refractivity contribution in [3.8, 4) is 11.5 Å². The minimum atomic E-state index is -0.596. The molecule has 0 spiro atoms. The molecule has 0 fully saturated rings. The van der Waals surface area contributed by atoms with Crippen LogP contribution in [-0.2, 0) is 6.42 Å². The molecule has 21 heavy (non-hydrogen) atoms. The Morgan fingerprint density at radius 3 is 2.76 bits per heavy atom. The number of halogens is 1. The number of rotatable bonds is 3. The average Bonchev–Trinajstić information content (AvgIpc) is 2.74. The number of nitrogens with zero attached hydrogens (tertiary/aromatic N) is 1. The van der Waals surface area contributed by atoms with E-state index >= 15 is 0 Å². The molecule has 0 amide bonds. The van der Waals surface area contributed by atoms with Gasteiger partial charge < -0.3 is 14.6 Å². The van der Waals surface area contributed by atoms with Crippen molar-refractivity contribution in [2.24, 2.45) is 0 Å². The van der Waals surface area contributed by atoms with Crippen molar-refractivity contribution in [3.05, 3.63) is 52.3 Å². The zero-order valence-electron chi connectivity index (χ0n) is 11.5. The molecule has 1 aromatic carbocycles. The minimum Gasteiger partial charge on any atom is -0.490 e. The minimum absolute atomic E-state index is 0.536. The lowest BCUT2D eigenvalue weighted by Crippen LogP contribution is -2.03. The van der Waals surface area contributed by atoms with E-state index in [-0.39, 0.29) is 0 Å². The first-order valence-corrected chi connectivity index (χ1v) is 7.69. The van der Waals surface area contributed by atoms with Gasteiger partial charge in [0.05, 0.1) is 23.8 Å². The summed E-state index contributed by atoms with van der Waals surface area (Å²) in [4.78, 5) is 3.98. The van der Waals surface area contributed by atoms with Crippen molar-refractivity contribution in [1.29, 1.82) is 0 Å². The fraction of sp³-hybridized carbons (Fsp3) is 0.312. The van der Waals surface area contributed by atoms with Gasteiger partial charge in [0, 0.05) is 25.2 Å². The second-order valence-corrected chi connectivity index (χ2v) is 5.81. The van der Waals surface area contributed by atoms with Gasteiger partial charge in [-0.2, -0.15) is 0 Å². The molecular formula is C16H16BrNO3. The summed E-state index contributed by atoms with van der Waals surface area (Å²) in [6, 6.07) is 7.55. The van der Waals surface area contributed by atoms with E-state index in [9.17, 15) is 5.11 Å². The van der Waals surface area contributed by atoms with Crippen LogP contribution in [-0.4, -0.2) is 23.3 Å². The Morgan fingerprint density at radius 1 is 1.19 bits per heavy atom. The van der Waals surface area contributed by atoms with Crippen molar-refractivity contribution in [1.82, 2.24) is 4.98 Å². The van der Waals surface area contributed by atoms with Gasteiger partial charge in [-0.15, -0.1) is 0 Å². The highest BCUT2D eigenvalue weighted by molar-refractivity contribution is 9.10. The number of aliphatic hydroxyl groups excluding tert-OH is 1. The Hall–Kier alpha value is -1.59. The largest absolute Gasteiger partial charge is 0.490 e. The number of benzene rings is 1. The van der Waals surface area contributed by atoms with E-state index in [0.29, 0.717) is 31.1 Å². The molecule has 3 rings (SSSR count). The summed E-state index contributed by atoms with van der Waals surface area (Å²) in [5.41, 5.74) is 1.85. The molecule has 2 aromatic rings. The molecule has 1 unspecified atom stereocenters. The molecule has 1 N–H and O–H groups in total. The van der Waals surface area contributed by atoms with Crippen LogP contribution in [0.3, 0.4) is 0 Å². The van der Waals surface area contributed by atoms with E-state index in [2.05, 4.69) is 20.9 Å². The maximum atomic E-state index is 10.4. The van der Waals surface area contributed by atoms with Gasteiger partial charge in [0.1, 0.15) is 0 Å². The highest BCUT2D eigenvalue weighted by atomic mass is 79.9. The third kappa shape index (κ3) is 3.36. The first kappa shape index (κ1) is 14.4. The summed E-state index contributed by atoms with van der Waals surface area (Å²) < 4.78 is 12.2. The molecule has 1 aliphatic heterocycles. The highest BCUT2D eigenvalue weighted by Gasteiger charge is 2.18. The van der Waals surface area contributed by atoms with Crippen molar-refractivity contribution in [2.75, 3.05) is 13.2 Å². The van der Waals surface area contributed by atoms with E-state index < -0.39 is 6.10 Å². The Bertz CT molecular complexity index is 618. The zero-order valence-corrected chi connectivity index (χ0v) is 13.0. The molecule has 0 radical (unpaired) electrons. The molecule has 2 heterocycles. The topological polar surface area (TPSA) is 51.6 Å². The Balaban J connectivity index is 1.85. The van der Waals surface area contributed by atoms with Gasteiger partial charge in [-0.3, -0.25) is 4.98 Å². The number of aromatic nitrogens is 1. The summed E-state index contributed by atoms with van der Waals surface area (Å²) in [6.45, 7) is 1.27. The van der Waals surface area contributed by atoms with Crippen LogP contribution in [0.5, 0.6) is 11.5 Å². The standard InChI is InChI=1S/C16H16BrNO3/c17-13-9-12(10-15-16(13)21-7-1-6-20-15)14(19)8-11-2-4-18-5-3-11/h2-5,9-10,14,19H,1,6-8H2. The van der Waals surface area contributed by atoms with Crippen molar-refractivity contribution in [2.45, 2.75) is 18.9 Å². The van der Waals surface area contributed by atoms with Crippen LogP contribution in [0.15, 0.2) is 41.1 Å². The number of fused-ring (bicyclic) bond motifs is 1. The van der Waals surface area contributed by atoms with Gasteiger partial charge in [0.25, 0.3) is 0 Å². The smallest absolute Gasteiger partial charge is 0.175 e. The summed E-state index contributed by atoms with van der Waals surface area (Å²) >= 11 is 3.50. The van der Waals surface area contributed by atoms with Crippen LogP contribution in [0, 0.1) is 0 Å². The SMILES string of the molecule is OC(Cc1ccncc1)c1cc(Br)c2c(c1)OCCCO2. The van der Waals surface area contributed by atoms with Gasteiger partial charge in [-0.1, -0.05) is 0 Å². The van der Waals surface area contributed by atoms with Crippen LogP contribution in [0.1, 0.15) is 23.7 Å². The van der Waals surface area contributed by atoms with Gasteiger partial charge >= 0.3 is 0 Å². The van der Waals surface area contributed by atoms with E-state index in [4.69, 9.17) is 9.47 Å². The Morgan fingerprint density at radius 2 is 1.95 bits per heavy atom.